The molecule has 1 aromatic heterocycles. The minimum Gasteiger partial charge on any atom is -0.444 e. The Morgan fingerprint density at radius 2 is 1.78 bits per heavy atom. The monoisotopic (exact) mass is 556 g/mol. The normalized spacial score (nSPS) is 14.1. The van der Waals surface area contributed by atoms with Crippen LogP contribution in [0.2, 0.25) is 23.2 Å². The molecule has 1 aromatic carbocycles. The molecule has 0 saturated carbocycles. The maximum atomic E-state index is 14.0. The number of aromatic nitrogens is 1. The second-order valence-electron chi connectivity index (χ2n) is 11.5. The molecule has 7 nitrogen and oxygen atoms in total. The van der Waals surface area contributed by atoms with Crippen LogP contribution in [0.15, 0.2) is 35.5 Å². The van der Waals surface area contributed by atoms with Crippen LogP contribution in [-0.4, -0.2) is 56.8 Å². The lowest BCUT2D eigenvalue weighted by Gasteiger charge is -2.37. The fourth-order valence-corrected chi connectivity index (χ4v) is 7.05. The van der Waals surface area contributed by atoms with Gasteiger partial charge in [-0.1, -0.05) is 51.4 Å². The molecule has 36 heavy (non-hydrogen) atoms. The van der Waals surface area contributed by atoms with Crippen molar-refractivity contribution < 1.29 is 22.4 Å². The Hall–Kier alpha value is -1.68. The van der Waals surface area contributed by atoms with Crippen LogP contribution >= 0.6 is 11.6 Å². The van der Waals surface area contributed by atoms with Crippen LogP contribution in [0.5, 0.6) is 0 Å². The highest BCUT2D eigenvalue weighted by atomic mass is 35.5. The zero-order valence-corrected chi connectivity index (χ0v) is 25.6. The third kappa shape index (κ3) is 7.21. The Labute approximate surface area is 222 Å². The fraction of sp³-hybridized carbons (Fsp3) is 0.615. The van der Waals surface area contributed by atoms with E-state index in [9.17, 15) is 13.2 Å². The third-order valence-electron chi connectivity index (χ3n) is 6.50. The van der Waals surface area contributed by atoms with Gasteiger partial charge in [0.2, 0.25) is 0 Å². The molecular weight excluding hydrogens is 516 g/mol. The first-order valence-corrected chi connectivity index (χ1v) is 17.2. The number of amides is 1. The first-order chi connectivity index (χ1) is 16.4. The van der Waals surface area contributed by atoms with Crippen LogP contribution in [0.4, 0.5) is 4.79 Å². The standard InChI is InChI=1S/C26H41ClN2O5SSi/c1-10-22(35(31,32)21-14-11-13-19-17-28-18-20(27)23(19)21)29(24(30)34-25(2,3)4)15-12-16-33-36(8,9)26(5,6)7/h11,13-14,17-18,22H,10,12,15-16H2,1-9H3/t22-/m0/s1. The Morgan fingerprint density at radius 3 is 2.33 bits per heavy atom. The second kappa shape index (κ2) is 11.4. The molecule has 0 saturated heterocycles. The molecule has 0 N–H and O–H groups in total. The first-order valence-electron chi connectivity index (χ1n) is 12.3. The number of nitrogens with zero attached hydrogens (tertiary/aromatic N) is 2. The highest BCUT2D eigenvalue weighted by Crippen LogP contribution is 2.37. The van der Waals surface area contributed by atoms with Gasteiger partial charge in [-0.05, 0) is 57.8 Å². The molecule has 0 fully saturated rings. The average Bonchev–Trinajstić information content (AvgIpc) is 2.73. The molecule has 2 aromatic rings. The van der Waals surface area contributed by atoms with E-state index in [0.29, 0.717) is 23.8 Å². The number of carbonyl (C=O) groups excluding carboxylic acids is 1. The van der Waals surface area contributed by atoms with Crippen LogP contribution in [0.25, 0.3) is 10.8 Å². The summed E-state index contributed by atoms with van der Waals surface area (Å²) in [6.07, 6.45) is 3.00. The zero-order chi connectivity index (χ0) is 27.5. The highest BCUT2D eigenvalue weighted by Gasteiger charge is 2.39. The summed E-state index contributed by atoms with van der Waals surface area (Å²) in [4.78, 5) is 18.8. The molecular formula is C26H41ClN2O5SSi. The Bertz CT molecular complexity index is 1170. The summed E-state index contributed by atoms with van der Waals surface area (Å²) in [6, 6.07) is 4.95. The van der Waals surface area contributed by atoms with Crippen LogP contribution in [-0.2, 0) is 19.0 Å². The number of halogens is 1. The van der Waals surface area contributed by atoms with E-state index in [1.807, 2.05) is 0 Å². The van der Waals surface area contributed by atoms with Gasteiger partial charge >= 0.3 is 6.09 Å². The van der Waals surface area contributed by atoms with E-state index in [1.54, 1.807) is 46.0 Å². The molecule has 2 rings (SSSR count). The number of fused-ring (bicyclic) bond motifs is 1. The van der Waals surface area contributed by atoms with Crippen LogP contribution in [0.1, 0.15) is 61.3 Å². The number of hydrogen-bond acceptors (Lipinski definition) is 6. The van der Waals surface area contributed by atoms with Crippen molar-refractivity contribution >= 4 is 46.6 Å². The number of hydrogen-bond donors (Lipinski definition) is 0. The third-order valence-corrected chi connectivity index (χ3v) is 13.6. The van der Waals surface area contributed by atoms with Gasteiger partial charge < -0.3 is 9.16 Å². The van der Waals surface area contributed by atoms with Gasteiger partial charge in [-0.2, -0.15) is 0 Å². The van der Waals surface area contributed by atoms with Crippen molar-refractivity contribution in [2.45, 2.75) is 95.3 Å². The van der Waals surface area contributed by atoms with Gasteiger partial charge in [0, 0.05) is 36.3 Å². The number of sulfone groups is 1. The first kappa shape index (κ1) is 30.5. The quantitative estimate of drug-likeness (QED) is 0.243. The largest absolute Gasteiger partial charge is 0.444 e. The van der Waals surface area contributed by atoms with E-state index < -0.39 is 35.2 Å². The van der Waals surface area contributed by atoms with Crippen molar-refractivity contribution in [1.82, 2.24) is 9.88 Å². The zero-order valence-electron chi connectivity index (χ0n) is 23.0. The highest BCUT2D eigenvalue weighted by molar-refractivity contribution is 7.92. The molecule has 0 radical (unpaired) electrons. The van der Waals surface area contributed by atoms with Crippen LogP contribution < -0.4 is 0 Å². The molecule has 202 valence electrons. The summed E-state index contributed by atoms with van der Waals surface area (Å²) in [7, 11) is -5.99. The number of rotatable bonds is 9. The maximum absolute atomic E-state index is 14.0. The van der Waals surface area contributed by atoms with E-state index in [-0.39, 0.29) is 27.9 Å². The van der Waals surface area contributed by atoms with Gasteiger partial charge in [0.15, 0.2) is 18.2 Å². The molecule has 1 heterocycles. The van der Waals surface area contributed by atoms with Crippen molar-refractivity contribution in [3.05, 3.63) is 35.6 Å². The number of carbonyl (C=O) groups is 1. The second-order valence-corrected chi connectivity index (χ2v) is 18.8. The average molecular weight is 557 g/mol. The van der Waals surface area contributed by atoms with Gasteiger partial charge in [0.05, 0.1) is 9.92 Å². The summed E-state index contributed by atoms with van der Waals surface area (Å²) >= 11 is 6.38. The van der Waals surface area contributed by atoms with Crippen LogP contribution in [0.3, 0.4) is 0 Å². The topological polar surface area (TPSA) is 85.8 Å². The molecule has 0 unspecified atom stereocenters. The SMILES string of the molecule is CC[C@@H](N(CCCO[Si](C)(C)C(C)(C)C)C(=O)OC(C)(C)C)S(=O)(=O)c1cccc2cncc(Cl)c12. The van der Waals surface area contributed by atoms with Gasteiger partial charge in [-0.3, -0.25) is 9.88 Å². The number of pyridine rings is 1. The summed E-state index contributed by atoms with van der Waals surface area (Å²) < 4.78 is 39.9. The minimum absolute atomic E-state index is 0.0512. The molecule has 0 spiro atoms. The van der Waals surface area contributed by atoms with E-state index >= 15 is 0 Å². The lowest BCUT2D eigenvalue weighted by molar-refractivity contribution is 0.0209. The molecule has 1 amide bonds. The van der Waals surface area contributed by atoms with Crippen molar-refractivity contribution in [2.75, 3.05) is 13.2 Å². The van der Waals surface area contributed by atoms with Crippen molar-refractivity contribution in [2.24, 2.45) is 0 Å². The molecule has 0 aliphatic carbocycles. The Balaban J connectivity index is 2.43. The van der Waals surface area contributed by atoms with E-state index in [1.165, 1.54) is 17.2 Å². The Kier molecular flexibility index (Phi) is 9.65. The summed E-state index contributed by atoms with van der Waals surface area (Å²) in [5.41, 5.74) is -0.774. The van der Waals surface area contributed by atoms with Crippen LogP contribution in [0, 0.1) is 0 Å². The predicted octanol–water partition coefficient (Wildman–Crippen LogP) is 7.05. The van der Waals surface area contributed by atoms with E-state index in [2.05, 4.69) is 38.8 Å². The molecule has 0 aliphatic rings. The predicted molar refractivity (Wildman–Crippen MR) is 149 cm³/mol. The number of ether oxygens (including phenoxy) is 1. The van der Waals surface area contributed by atoms with Gasteiger partial charge in [-0.25, -0.2) is 13.2 Å². The minimum atomic E-state index is -4.01. The van der Waals surface area contributed by atoms with Crippen molar-refractivity contribution in [3.8, 4) is 0 Å². The molecule has 0 aliphatic heterocycles. The Morgan fingerprint density at radius 1 is 1.14 bits per heavy atom. The fourth-order valence-electron chi connectivity index (χ4n) is 3.60. The number of benzene rings is 1. The molecule has 1 atom stereocenters. The molecule has 0 bridgehead atoms. The van der Waals surface area contributed by atoms with E-state index in [0.717, 1.165) is 0 Å². The lowest BCUT2D eigenvalue weighted by atomic mass is 10.2. The smallest absolute Gasteiger partial charge is 0.411 e. The summed E-state index contributed by atoms with van der Waals surface area (Å²) in [6.45, 7) is 18.5. The maximum Gasteiger partial charge on any atom is 0.411 e. The van der Waals surface area contributed by atoms with Gasteiger partial charge in [-0.15, -0.1) is 0 Å². The summed E-state index contributed by atoms with van der Waals surface area (Å²) in [5, 5.41) is 0.182. The van der Waals surface area contributed by atoms with Crippen molar-refractivity contribution in [1.29, 1.82) is 0 Å². The van der Waals surface area contributed by atoms with Gasteiger partial charge in [0.1, 0.15) is 11.0 Å². The lowest BCUT2D eigenvalue weighted by Crippen LogP contribution is -2.48. The molecule has 10 heteroatoms. The van der Waals surface area contributed by atoms with E-state index in [4.69, 9.17) is 20.8 Å². The summed E-state index contributed by atoms with van der Waals surface area (Å²) in [5.74, 6) is 0. The van der Waals surface area contributed by atoms with Crippen molar-refractivity contribution in [3.63, 3.8) is 0 Å². The van der Waals surface area contributed by atoms with Gasteiger partial charge in [0.25, 0.3) is 0 Å².